The van der Waals surface area contributed by atoms with E-state index in [9.17, 15) is 14.4 Å². The lowest BCUT2D eigenvalue weighted by atomic mass is 10.1. The number of fused-ring (bicyclic) bond motifs is 1. The van der Waals surface area contributed by atoms with Gasteiger partial charge in [0.25, 0.3) is 11.8 Å². The van der Waals surface area contributed by atoms with E-state index in [1.165, 1.54) is 12.0 Å². The van der Waals surface area contributed by atoms with E-state index >= 15 is 0 Å². The summed E-state index contributed by atoms with van der Waals surface area (Å²) in [6.07, 6.45) is 0.755. The third-order valence-electron chi connectivity index (χ3n) is 6.02. The van der Waals surface area contributed by atoms with E-state index in [4.69, 9.17) is 14.2 Å². The maximum Gasteiger partial charge on any atom is 0.340 e. The van der Waals surface area contributed by atoms with Crippen molar-refractivity contribution in [2.45, 2.75) is 52.7 Å². The molecular formula is C25H33N3O6. The molecule has 0 aliphatic carbocycles. The molecule has 1 unspecified atom stereocenters. The number of carbonyl (C=O) groups is 3. The first-order chi connectivity index (χ1) is 16.3. The second kappa shape index (κ2) is 11.2. The number of nitrogens with zero attached hydrogens (tertiary/aromatic N) is 1. The molecule has 1 aromatic heterocycles. The third-order valence-corrected chi connectivity index (χ3v) is 6.02. The van der Waals surface area contributed by atoms with Crippen LogP contribution in [0.4, 0.5) is 5.69 Å². The van der Waals surface area contributed by atoms with Gasteiger partial charge in [0, 0.05) is 18.8 Å². The summed E-state index contributed by atoms with van der Waals surface area (Å²) in [6, 6.07) is 7.14. The van der Waals surface area contributed by atoms with Crippen molar-refractivity contribution in [3.63, 3.8) is 0 Å². The number of amides is 2. The van der Waals surface area contributed by atoms with Gasteiger partial charge in [0.2, 0.25) is 0 Å². The van der Waals surface area contributed by atoms with Gasteiger partial charge in [-0.3, -0.25) is 14.5 Å². The van der Waals surface area contributed by atoms with Crippen molar-refractivity contribution in [2.75, 3.05) is 31.8 Å². The lowest BCUT2D eigenvalue weighted by molar-refractivity contribution is -0.128. The minimum atomic E-state index is -0.853. The maximum absolute atomic E-state index is 13.7. The average Bonchev–Trinajstić information content (AvgIpc) is 3.14. The number of aromatic amines is 1. The van der Waals surface area contributed by atoms with Crippen LogP contribution in [0, 0.1) is 13.8 Å². The zero-order valence-corrected chi connectivity index (χ0v) is 20.4. The summed E-state index contributed by atoms with van der Waals surface area (Å²) in [7, 11) is 1.52. The standard InChI is InChI=1S/C25H33N3O6/c1-6-17(7-2)27-23(29)20-14-28(18-10-8-9-11-19(18)34-20)24(30)22-15(3)21(16(4)26-22)25(31)33-13-12-32-5/h8-11,17,20,26H,6-7,12-14H2,1-5H3,(H,27,29). The molecule has 0 saturated heterocycles. The van der Waals surface area contributed by atoms with E-state index in [1.54, 1.807) is 38.1 Å². The van der Waals surface area contributed by atoms with Crippen LogP contribution in [0.5, 0.6) is 5.75 Å². The number of H-pyrrole nitrogens is 1. The van der Waals surface area contributed by atoms with Crippen molar-refractivity contribution >= 4 is 23.5 Å². The number of aromatic nitrogens is 1. The highest BCUT2D eigenvalue weighted by Crippen LogP contribution is 2.35. The van der Waals surface area contributed by atoms with Gasteiger partial charge in [-0.15, -0.1) is 0 Å². The number of nitrogens with one attached hydrogen (secondary N) is 2. The topological polar surface area (TPSA) is 110 Å². The molecule has 1 aliphatic heterocycles. The Morgan fingerprint density at radius 3 is 2.56 bits per heavy atom. The summed E-state index contributed by atoms with van der Waals surface area (Å²) in [5.74, 6) is -0.686. The van der Waals surface area contributed by atoms with Crippen molar-refractivity contribution in [1.29, 1.82) is 0 Å². The predicted octanol–water partition coefficient (Wildman–Crippen LogP) is 3.15. The Balaban J connectivity index is 1.89. The van der Waals surface area contributed by atoms with Gasteiger partial charge in [-0.1, -0.05) is 26.0 Å². The van der Waals surface area contributed by atoms with Gasteiger partial charge in [-0.2, -0.15) is 0 Å². The highest BCUT2D eigenvalue weighted by molar-refractivity contribution is 6.09. The van der Waals surface area contributed by atoms with E-state index < -0.39 is 12.1 Å². The summed E-state index contributed by atoms with van der Waals surface area (Å²) in [4.78, 5) is 43.7. The molecule has 34 heavy (non-hydrogen) atoms. The number of methoxy groups -OCH3 is 1. The molecule has 1 aliphatic rings. The van der Waals surface area contributed by atoms with Gasteiger partial charge in [0.15, 0.2) is 6.10 Å². The molecule has 1 aromatic carbocycles. The number of hydrogen-bond donors (Lipinski definition) is 2. The van der Waals surface area contributed by atoms with Crippen molar-refractivity contribution < 1.29 is 28.6 Å². The van der Waals surface area contributed by atoms with E-state index in [0.717, 1.165) is 12.8 Å². The Morgan fingerprint density at radius 1 is 1.18 bits per heavy atom. The van der Waals surface area contributed by atoms with Gasteiger partial charge in [0.05, 0.1) is 24.4 Å². The highest BCUT2D eigenvalue weighted by Gasteiger charge is 2.36. The lowest BCUT2D eigenvalue weighted by Crippen LogP contribution is -2.52. The fraction of sp³-hybridized carbons (Fsp3) is 0.480. The van der Waals surface area contributed by atoms with Crippen LogP contribution < -0.4 is 15.0 Å². The van der Waals surface area contributed by atoms with E-state index in [-0.39, 0.29) is 43.3 Å². The zero-order chi connectivity index (χ0) is 24.8. The van der Waals surface area contributed by atoms with Crippen molar-refractivity contribution in [1.82, 2.24) is 10.3 Å². The number of hydrogen-bond acceptors (Lipinski definition) is 6. The fourth-order valence-electron chi connectivity index (χ4n) is 4.05. The molecule has 2 N–H and O–H groups in total. The monoisotopic (exact) mass is 471 g/mol. The number of esters is 1. The molecule has 0 spiro atoms. The third kappa shape index (κ3) is 5.25. The van der Waals surface area contributed by atoms with Crippen LogP contribution in [-0.2, 0) is 14.3 Å². The van der Waals surface area contributed by atoms with Crippen LogP contribution in [0.1, 0.15) is 58.8 Å². The average molecular weight is 472 g/mol. The van der Waals surface area contributed by atoms with Crippen molar-refractivity contribution in [3.05, 3.63) is 46.8 Å². The Kier molecular flexibility index (Phi) is 8.33. The smallest absolute Gasteiger partial charge is 0.340 e. The quantitative estimate of drug-likeness (QED) is 0.430. The Morgan fingerprint density at radius 2 is 1.88 bits per heavy atom. The number of carbonyl (C=O) groups excluding carboxylic acids is 3. The van der Waals surface area contributed by atoms with Gasteiger partial charge in [-0.25, -0.2) is 4.79 Å². The lowest BCUT2D eigenvalue weighted by Gasteiger charge is -2.34. The largest absolute Gasteiger partial charge is 0.477 e. The Labute approximate surface area is 199 Å². The molecule has 0 radical (unpaired) electrons. The van der Waals surface area contributed by atoms with Crippen LogP contribution in [0.2, 0.25) is 0 Å². The van der Waals surface area contributed by atoms with Gasteiger partial charge in [0.1, 0.15) is 18.1 Å². The molecule has 2 amide bonds. The first-order valence-corrected chi connectivity index (χ1v) is 11.5. The first-order valence-electron chi connectivity index (χ1n) is 11.5. The zero-order valence-electron chi connectivity index (χ0n) is 20.4. The fourth-order valence-corrected chi connectivity index (χ4v) is 4.05. The van der Waals surface area contributed by atoms with Crippen molar-refractivity contribution in [2.24, 2.45) is 0 Å². The number of rotatable bonds is 9. The molecule has 0 saturated carbocycles. The summed E-state index contributed by atoms with van der Waals surface area (Å²) in [5.41, 5.74) is 2.19. The number of anilines is 1. The summed E-state index contributed by atoms with van der Waals surface area (Å²) in [5, 5.41) is 3.00. The highest BCUT2D eigenvalue weighted by atomic mass is 16.6. The molecule has 9 heteroatoms. The molecular weight excluding hydrogens is 438 g/mol. The van der Waals surface area contributed by atoms with Crippen LogP contribution in [0.3, 0.4) is 0 Å². The Bertz CT molecular complexity index is 1040. The van der Waals surface area contributed by atoms with E-state index in [2.05, 4.69) is 10.3 Å². The summed E-state index contributed by atoms with van der Waals surface area (Å²) < 4.78 is 16.1. The predicted molar refractivity (Wildman–Crippen MR) is 127 cm³/mol. The molecule has 0 fully saturated rings. The van der Waals surface area contributed by atoms with Crippen LogP contribution in [0.25, 0.3) is 0 Å². The van der Waals surface area contributed by atoms with Crippen LogP contribution >= 0.6 is 0 Å². The minimum absolute atomic E-state index is 0.0393. The number of benzene rings is 1. The molecule has 2 heterocycles. The minimum Gasteiger partial charge on any atom is -0.477 e. The Hall–Kier alpha value is -3.33. The van der Waals surface area contributed by atoms with Gasteiger partial charge < -0.3 is 24.5 Å². The molecule has 184 valence electrons. The molecule has 2 aromatic rings. The summed E-state index contributed by atoms with van der Waals surface area (Å²) in [6.45, 7) is 7.89. The number of ether oxygens (including phenoxy) is 3. The molecule has 0 bridgehead atoms. The van der Waals surface area contributed by atoms with Crippen molar-refractivity contribution in [3.8, 4) is 5.75 Å². The first kappa shape index (κ1) is 25.3. The second-order valence-corrected chi connectivity index (χ2v) is 8.27. The molecule has 3 rings (SSSR count). The number of aryl methyl sites for hydroxylation is 1. The molecule has 9 nitrogen and oxygen atoms in total. The maximum atomic E-state index is 13.7. The normalized spacial score (nSPS) is 15.0. The van der Waals surface area contributed by atoms with E-state index in [0.29, 0.717) is 28.3 Å². The van der Waals surface area contributed by atoms with Crippen LogP contribution in [0.15, 0.2) is 24.3 Å². The van der Waals surface area contributed by atoms with Gasteiger partial charge >= 0.3 is 5.97 Å². The van der Waals surface area contributed by atoms with E-state index in [1.807, 2.05) is 13.8 Å². The van der Waals surface area contributed by atoms with Crippen LogP contribution in [-0.4, -0.2) is 61.8 Å². The number of para-hydroxylation sites is 2. The SMILES string of the molecule is CCC(CC)NC(=O)C1CN(C(=O)c2[nH]c(C)c(C(=O)OCCOC)c2C)c2ccccc2O1. The second-order valence-electron chi connectivity index (χ2n) is 8.27. The summed E-state index contributed by atoms with van der Waals surface area (Å²) >= 11 is 0. The van der Waals surface area contributed by atoms with Gasteiger partial charge in [-0.05, 0) is 44.4 Å². The molecule has 1 atom stereocenters.